The minimum Gasteiger partial charge on any atom is -0.507 e. The summed E-state index contributed by atoms with van der Waals surface area (Å²) in [6, 6.07) is 24.3. The molecule has 4 aromatic carbocycles. The Labute approximate surface area is 228 Å². The molecule has 0 saturated heterocycles. The van der Waals surface area contributed by atoms with Crippen molar-refractivity contribution in [1.29, 1.82) is 0 Å². The van der Waals surface area contributed by atoms with Crippen molar-refractivity contribution in [2.45, 2.75) is 12.2 Å². The first-order valence-electron chi connectivity index (χ1n) is 11.7. The number of para-hydroxylation sites is 2. The topological polar surface area (TPSA) is 123 Å². The second kappa shape index (κ2) is 12.3. The zero-order valence-corrected chi connectivity index (χ0v) is 22.0. The normalized spacial score (nSPS) is 12.7. The largest absolute Gasteiger partial charge is 0.507 e. The zero-order valence-electron chi connectivity index (χ0n) is 20.4. The van der Waals surface area contributed by atoms with Gasteiger partial charge in [-0.25, -0.2) is 4.79 Å². The molecule has 0 spiro atoms. The van der Waals surface area contributed by atoms with Gasteiger partial charge in [0.2, 0.25) is 5.91 Å². The van der Waals surface area contributed by atoms with Crippen LogP contribution in [0.4, 0.5) is 21.9 Å². The molecule has 0 saturated carbocycles. The Kier molecular flexibility index (Phi) is 8.62. The van der Waals surface area contributed by atoms with Crippen LogP contribution in [0.1, 0.15) is 11.7 Å². The number of carbonyl (C=O) groups is 2. The summed E-state index contributed by atoms with van der Waals surface area (Å²) in [7, 11) is 1.45. The predicted molar refractivity (Wildman–Crippen MR) is 152 cm³/mol. The number of nitrogen functional groups attached to an aromatic ring is 1. The van der Waals surface area contributed by atoms with Crippen LogP contribution in [0.5, 0.6) is 5.75 Å². The lowest BCUT2D eigenvalue weighted by Gasteiger charge is -2.26. The van der Waals surface area contributed by atoms with E-state index in [2.05, 4.69) is 26.6 Å². The van der Waals surface area contributed by atoms with Crippen molar-refractivity contribution in [3.05, 3.63) is 107 Å². The highest BCUT2D eigenvalue weighted by atomic mass is 79.9. The molecule has 0 aliphatic heterocycles. The average molecular weight is 576 g/mol. The van der Waals surface area contributed by atoms with Crippen LogP contribution in [0, 0.1) is 0 Å². The number of anilines is 3. The zero-order chi connectivity index (χ0) is 27.1. The number of hydrogen-bond donors (Lipinski definition) is 4. The number of rotatable bonds is 8. The molecule has 0 bridgehead atoms. The molecule has 0 aliphatic rings. The van der Waals surface area contributed by atoms with E-state index in [1.165, 1.54) is 25.3 Å². The fraction of sp³-hybridized carbons (Fsp3) is 0.103. The lowest BCUT2D eigenvalue weighted by molar-refractivity contribution is -0.112. The monoisotopic (exact) mass is 575 g/mol. The maximum Gasteiger partial charge on any atom is 0.412 e. The van der Waals surface area contributed by atoms with Gasteiger partial charge < -0.3 is 25.6 Å². The van der Waals surface area contributed by atoms with Gasteiger partial charge in [0, 0.05) is 34.3 Å². The number of halogens is 1. The van der Waals surface area contributed by atoms with E-state index in [4.69, 9.17) is 15.2 Å². The van der Waals surface area contributed by atoms with Crippen molar-refractivity contribution in [2.24, 2.45) is 0 Å². The second-order valence-electron chi connectivity index (χ2n) is 8.31. The standard InChI is InChI=1S/C29H26BrN3O5/c1-37-26(16-17-27(35)33-24-9-5-4-8-23(24)31)28(38-29(36)32-19-12-10-18(30)11-13-19)22-14-15-25(34)21-7-3-2-6-20(21)22/h2-17,26,28,34H,31H2,1H3,(H,32,36)(H,33,35)/b17-16+/t26-,28-/m1/s1. The Balaban J connectivity index is 1.64. The third-order valence-corrected chi connectivity index (χ3v) is 6.32. The predicted octanol–water partition coefficient (Wildman–Crippen LogP) is 6.39. The van der Waals surface area contributed by atoms with E-state index in [-0.39, 0.29) is 5.75 Å². The molecule has 8 nitrogen and oxygen atoms in total. The van der Waals surface area contributed by atoms with Crippen molar-refractivity contribution >= 4 is 55.8 Å². The second-order valence-corrected chi connectivity index (χ2v) is 9.23. The lowest BCUT2D eigenvalue weighted by atomic mass is 9.96. The van der Waals surface area contributed by atoms with Crippen LogP contribution in [0.2, 0.25) is 0 Å². The molecule has 0 aromatic heterocycles. The molecule has 0 heterocycles. The number of methoxy groups -OCH3 is 1. The Morgan fingerprint density at radius 2 is 1.61 bits per heavy atom. The Morgan fingerprint density at radius 1 is 0.921 bits per heavy atom. The minimum atomic E-state index is -0.966. The van der Waals surface area contributed by atoms with Gasteiger partial charge in [-0.1, -0.05) is 58.4 Å². The van der Waals surface area contributed by atoms with Gasteiger partial charge >= 0.3 is 6.09 Å². The number of nitrogens with two attached hydrogens (primary N) is 1. The van der Waals surface area contributed by atoms with Gasteiger partial charge in [-0.05, 0) is 53.9 Å². The molecule has 5 N–H and O–H groups in total. The molecule has 38 heavy (non-hydrogen) atoms. The fourth-order valence-corrected chi connectivity index (χ4v) is 4.19. The van der Waals surface area contributed by atoms with E-state index >= 15 is 0 Å². The molecule has 194 valence electrons. The Hall–Kier alpha value is -4.34. The molecule has 0 radical (unpaired) electrons. The number of hydrogen-bond acceptors (Lipinski definition) is 6. The molecule has 0 fully saturated rings. The number of amides is 2. The maximum absolute atomic E-state index is 13.0. The molecule has 4 aromatic rings. The van der Waals surface area contributed by atoms with Gasteiger partial charge in [0.25, 0.3) is 0 Å². The van der Waals surface area contributed by atoms with Gasteiger partial charge in [0.1, 0.15) is 11.9 Å². The molecule has 9 heteroatoms. The van der Waals surface area contributed by atoms with Crippen LogP contribution in [0.3, 0.4) is 0 Å². The van der Waals surface area contributed by atoms with E-state index in [9.17, 15) is 14.7 Å². The van der Waals surface area contributed by atoms with Crippen LogP contribution < -0.4 is 16.4 Å². The summed E-state index contributed by atoms with van der Waals surface area (Å²) in [5.41, 5.74) is 7.95. The summed E-state index contributed by atoms with van der Waals surface area (Å²) in [6.45, 7) is 0. The summed E-state index contributed by atoms with van der Waals surface area (Å²) in [4.78, 5) is 25.6. The highest BCUT2D eigenvalue weighted by Crippen LogP contribution is 2.35. The number of fused-ring (bicyclic) bond motifs is 1. The first-order valence-corrected chi connectivity index (χ1v) is 12.5. The van der Waals surface area contributed by atoms with Crippen LogP contribution in [0.25, 0.3) is 10.8 Å². The van der Waals surface area contributed by atoms with Crippen LogP contribution in [0.15, 0.2) is 102 Å². The lowest BCUT2D eigenvalue weighted by Crippen LogP contribution is -2.27. The molecule has 0 unspecified atom stereocenters. The molecular weight excluding hydrogens is 550 g/mol. The minimum absolute atomic E-state index is 0.0896. The van der Waals surface area contributed by atoms with Crippen LogP contribution in [-0.4, -0.2) is 30.3 Å². The van der Waals surface area contributed by atoms with Crippen LogP contribution >= 0.6 is 15.9 Å². The molecule has 4 rings (SSSR count). The maximum atomic E-state index is 13.0. The highest BCUT2D eigenvalue weighted by molar-refractivity contribution is 9.10. The van der Waals surface area contributed by atoms with Crippen molar-refractivity contribution < 1.29 is 24.2 Å². The summed E-state index contributed by atoms with van der Waals surface area (Å²) in [5.74, 6) is -0.342. The fourth-order valence-electron chi connectivity index (χ4n) is 3.93. The first kappa shape index (κ1) is 26.7. The number of ether oxygens (including phenoxy) is 2. The van der Waals surface area contributed by atoms with E-state index in [1.54, 1.807) is 66.7 Å². The Bertz CT molecular complexity index is 1470. The number of carbonyl (C=O) groups excluding carboxylic acids is 2. The quantitative estimate of drug-likeness (QED) is 0.142. The van der Waals surface area contributed by atoms with Gasteiger partial charge in [0.05, 0.1) is 11.4 Å². The third-order valence-electron chi connectivity index (χ3n) is 5.79. The van der Waals surface area contributed by atoms with E-state index in [1.807, 2.05) is 12.1 Å². The number of nitrogens with one attached hydrogen (secondary N) is 2. The molecular formula is C29H26BrN3O5. The summed E-state index contributed by atoms with van der Waals surface area (Å²) in [5, 5.41) is 17.1. The van der Waals surface area contributed by atoms with Gasteiger partial charge in [0.15, 0.2) is 6.10 Å². The van der Waals surface area contributed by atoms with Crippen LogP contribution in [-0.2, 0) is 14.3 Å². The smallest absolute Gasteiger partial charge is 0.412 e. The number of aromatic hydroxyl groups is 1. The van der Waals surface area contributed by atoms with Gasteiger partial charge in [-0.15, -0.1) is 0 Å². The summed E-state index contributed by atoms with van der Waals surface area (Å²) in [6.07, 6.45) is 0.274. The first-order chi connectivity index (χ1) is 18.4. The molecule has 2 atom stereocenters. The van der Waals surface area contributed by atoms with Crippen molar-refractivity contribution in [3.8, 4) is 5.75 Å². The SMILES string of the molecule is CO[C@H](/C=C/C(=O)Nc1ccccc1N)[C@H](OC(=O)Nc1ccc(Br)cc1)c1ccc(O)c2ccccc12. The summed E-state index contributed by atoms with van der Waals surface area (Å²) < 4.78 is 12.4. The highest BCUT2D eigenvalue weighted by Gasteiger charge is 2.28. The number of phenols is 1. The average Bonchev–Trinajstić information content (AvgIpc) is 2.91. The van der Waals surface area contributed by atoms with E-state index < -0.39 is 24.2 Å². The van der Waals surface area contributed by atoms with Crippen molar-refractivity contribution in [2.75, 3.05) is 23.5 Å². The van der Waals surface area contributed by atoms with E-state index in [0.29, 0.717) is 33.4 Å². The summed E-state index contributed by atoms with van der Waals surface area (Å²) >= 11 is 3.37. The van der Waals surface area contributed by atoms with Gasteiger partial charge in [-0.3, -0.25) is 10.1 Å². The number of benzene rings is 4. The Morgan fingerprint density at radius 3 is 2.32 bits per heavy atom. The van der Waals surface area contributed by atoms with Crippen molar-refractivity contribution in [3.63, 3.8) is 0 Å². The van der Waals surface area contributed by atoms with E-state index in [0.717, 1.165) is 4.47 Å². The van der Waals surface area contributed by atoms with Gasteiger partial charge in [-0.2, -0.15) is 0 Å². The van der Waals surface area contributed by atoms with Crippen molar-refractivity contribution in [1.82, 2.24) is 0 Å². The number of phenolic OH excluding ortho intramolecular Hbond substituents is 1. The molecule has 2 amide bonds. The third kappa shape index (κ3) is 6.50. The molecule has 0 aliphatic carbocycles.